The van der Waals surface area contributed by atoms with Crippen molar-refractivity contribution in [2.24, 2.45) is 11.7 Å². The van der Waals surface area contributed by atoms with Gasteiger partial charge < -0.3 is 10.6 Å². The first-order chi connectivity index (χ1) is 8.36. The molecule has 0 amide bonds. The van der Waals surface area contributed by atoms with Gasteiger partial charge in [0.05, 0.1) is 0 Å². The molecule has 1 unspecified atom stereocenters. The SMILES string of the molecule is Cc1cc(C)c(C)c(CN(C)CC(C)CN)c1C. The Balaban J connectivity index is 2.90. The number of rotatable bonds is 5. The molecular formula is C16H28N2. The molecule has 0 bridgehead atoms. The number of nitrogens with two attached hydrogens (primary N) is 1. The van der Waals surface area contributed by atoms with Crippen LogP contribution in [0.5, 0.6) is 0 Å². The number of benzene rings is 1. The van der Waals surface area contributed by atoms with Crippen LogP contribution in [0.25, 0.3) is 0 Å². The first-order valence-electron chi connectivity index (χ1n) is 6.81. The molecule has 0 saturated carbocycles. The van der Waals surface area contributed by atoms with Crippen LogP contribution in [0.4, 0.5) is 0 Å². The van der Waals surface area contributed by atoms with Gasteiger partial charge in [-0.15, -0.1) is 0 Å². The quantitative estimate of drug-likeness (QED) is 0.868. The maximum Gasteiger partial charge on any atom is 0.0236 e. The van der Waals surface area contributed by atoms with Crippen molar-refractivity contribution >= 4 is 0 Å². The molecule has 102 valence electrons. The van der Waals surface area contributed by atoms with Gasteiger partial charge in [0.2, 0.25) is 0 Å². The highest BCUT2D eigenvalue weighted by atomic mass is 15.1. The zero-order chi connectivity index (χ0) is 13.9. The van der Waals surface area contributed by atoms with E-state index in [-0.39, 0.29) is 0 Å². The van der Waals surface area contributed by atoms with Crippen LogP contribution >= 0.6 is 0 Å². The first-order valence-corrected chi connectivity index (χ1v) is 6.81. The Hall–Kier alpha value is -0.860. The van der Waals surface area contributed by atoms with E-state index in [9.17, 15) is 0 Å². The fourth-order valence-corrected chi connectivity index (χ4v) is 2.48. The van der Waals surface area contributed by atoms with E-state index in [0.717, 1.165) is 19.6 Å². The van der Waals surface area contributed by atoms with E-state index in [1.165, 1.54) is 27.8 Å². The first kappa shape index (κ1) is 15.2. The lowest BCUT2D eigenvalue weighted by Gasteiger charge is -2.24. The number of hydrogen-bond acceptors (Lipinski definition) is 2. The van der Waals surface area contributed by atoms with Gasteiger partial charge in [0.15, 0.2) is 0 Å². The molecule has 1 atom stereocenters. The topological polar surface area (TPSA) is 29.3 Å². The van der Waals surface area contributed by atoms with Crippen LogP contribution in [0, 0.1) is 33.6 Å². The smallest absolute Gasteiger partial charge is 0.0236 e. The average Bonchev–Trinajstić information content (AvgIpc) is 2.32. The van der Waals surface area contributed by atoms with Gasteiger partial charge >= 0.3 is 0 Å². The summed E-state index contributed by atoms with van der Waals surface area (Å²) in [5.74, 6) is 0.557. The molecule has 0 radical (unpaired) electrons. The van der Waals surface area contributed by atoms with Gasteiger partial charge in [0.1, 0.15) is 0 Å². The molecule has 0 aromatic heterocycles. The average molecular weight is 248 g/mol. The van der Waals surface area contributed by atoms with Gasteiger partial charge in [-0.1, -0.05) is 13.0 Å². The fraction of sp³-hybridized carbons (Fsp3) is 0.625. The standard InChI is InChI=1S/C16H28N2/c1-11(8-17)9-18(6)10-16-14(4)12(2)7-13(3)15(16)5/h7,11H,8-10,17H2,1-6H3. The summed E-state index contributed by atoms with van der Waals surface area (Å²) in [7, 11) is 2.18. The second-order valence-electron chi connectivity index (χ2n) is 5.78. The van der Waals surface area contributed by atoms with Gasteiger partial charge in [-0.2, -0.15) is 0 Å². The highest BCUT2D eigenvalue weighted by molar-refractivity contribution is 5.43. The zero-order valence-corrected chi connectivity index (χ0v) is 12.8. The van der Waals surface area contributed by atoms with Crippen molar-refractivity contribution in [2.45, 2.75) is 41.2 Å². The summed E-state index contributed by atoms with van der Waals surface area (Å²) in [5.41, 5.74) is 12.8. The van der Waals surface area contributed by atoms with Crippen molar-refractivity contribution in [3.05, 3.63) is 33.9 Å². The van der Waals surface area contributed by atoms with Crippen molar-refractivity contribution in [1.29, 1.82) is 0 Å². The van der Waals surface area contributed by atoms with Crippen LogP contribution < -0.4 is 5.73 Å². The maximum absolute atomic E-state index is 5.70. The minimum absolute atomic E-state index is 0.557. The van der Waals surface area contributed by atoms with Crippen molar-refractivity contribution in [3.63, 3.8) is 0 Å². The summed E-state index contributed by atoms with van der Waals surface area (Å²) in [6, 6.07) is 2.29. The second-order valence-corrected chi connectivity index (χ2v) is 5.78. The van der Waals surface area contributed by atoms with E-state index in [0.29, 0.717) is 5.92 Å². The van der Waals surface area contributed by atoms with Crippen molar-refractivity contribution < 1.29 is 0 Å². The molecule has 2 heteroatoms. The zero-order valence-electron chi connectivity index (χ0n) is 12.8. The van der Waals surface area contributed by atoms with Crippen molar-refractivity contribution in [1.82, 2.24) is 4.90 Å². The van der Waals surface area contributed by atoms with Crippen LogP contribution in [-0.2, 0) is 6.54 Å². The maximum atomic E-state index is 5.70. The molecular weight excluding hydrogens is 220 g/mol. The highest BCUT2D eigenvalue weighted by Gasteiger charge is 2.12. The summed E-state index contributed by atoms with van der Waals surface area (Å²) in [6.45, 7) is 13.9. The Morgan fingerprint density at radius 3 is 2.06 bits per heavy atom. The Kier molecular flexibility index (Phi) is 5.36. The van der Waals surface area contributed by atoms with Crippen LogP contribution in [0.15, 0.2) is 6.07 Å². The predicted octanol–water partition coefficient (Wildman–Crippen LogP) is 2.95. The molecule has 0 heterocycles. The molecule has 0 aliphatic heterocycles. The van der Waals surface area contributed by atoms with Crippen LogP contribution in [-0.4, -0.2) is 25.0 Å². The van der Waals surface area contributed by atoms with Crippen molar-refractivity contribution in [2.75, 3.05) is 20.1 Å². The molecule has 18 heavy (non-hydrogen) atoms. The molecule has 0 aliphatic rings. The Morgan fingerprint density at radius 1 is 1.11 bits per heavy atom. The van der Waals surface area contributed by atoms with Crippen LogP contribution in [0.2, 0.25) is 0 Å². The number of hydrogen-bond donors (Lipinski definition) is 1. The van der Waals surface area contributed by atoms with E-state index in [4.69, 9.17) is 5.73 Å². The molecule has 1 aromatic rings. The minimum atomic E-state index is 0.557. The molecule has 0 fully saturated rings. The second kappa shape index (κ2) is 6.35. The number of nitrogens with zero attached hydrogens (tertiary/aromatic N) is 1. The lowest BCUT2D eigenvalue weighted by atomic mass is 9.94. The van der Waals surface area contributed by atoms with E-state index in [2.05, 4.69) is 52.6 Å². The Morgan fingerprint density at radius 2 is 1.61 bits per heavy atom. The van der Waals surface area contributed by atoms with E-state index in [1.54, 1.807) is 0 Å². The van der Waals surface area contributed by atoms with Gasteiger partial charge in [0, 0.05) is 13.1 Å². The normalized spacial score (nSPS) is 13.1. The van der Waals surface area contributed by atoms with Crippen LogP contribution in [0.1, 0.15) is 34.7 Å². The Labute approximate surface area is 112 Å². The summed E-state index contributed by atoms with van der Waals surface area (Å²) in [6.07, 6.45) is 0. The monoisotopic (exact) mass is 248 g/mol. The third kappa shape index (κ3) is 3.56. The minimum Gasteiger partial charge on any atom is -0.330 e. The van der Waals surface area contributed by atoms with E-state index in [1.807, 2.05) is 0 Å². The fourth-order valence-electron chi connectivity index (χ4n) is 2.48. The Bertz CT molecular complexity index is 384. The van der Waals surface area contributed by atoms with Gasteiger partial charge in [-0.05, 0) is 75.0 Å². The van der Waals surface area contributed by atoms with Gasteiger partial charge in [-0.25, -0.2) is 0 Å². The molecule has 1 aromatic carbocycles. The molecule has 2 N–H and O–H groups in total. The van der Waals surface area contributed by atoms with Gasteiger partial charge in [0.25, 0.3) is 0 Å². The highest BCUT2D eigenvalue weighted by Crippen LogP contribution is 2.22. The summed E-state index contributed by atoms with van der Waals surface area (Å²) in [5, 5.41) is 0. The van der Waals surface area contributed by atoms with Crippen molar-refractivity contribution in [3.8, 4) is 0 Å². The molecule has 0 aliphatic carbocycles. The number of aryl methyl sites for hydroxylation is 2. The molecule has 0 saturated heterocycles. The molecule has 0 spiro atoms. The van der Waals surface area contributed by atoms with Crippen LogP contribution in [0.3, 0.4) is 0 Å². The largest absolute Gasteiger partial charge is 0.330 e. The predicted molar refractivity (Wildman–Crippen MR) is 79.9 cm³/mol. The van der Waals surface area contributed by atoms with E-state index >= 15 is 0 Å². The van der Waals surface area contributed by atoms with E-state index < -0.39 is 0 Å². The third-order valence-electron chi connectivity index (χ3n) is 3.98. The summed E-state index contributed by atoms with van der Waals surface area (Å²) < 4.78 is 0. The summed E-state index contributed by atoms with van der Waals surface area (Å²) in [4.78, 5) is 2.38. The third-order valence-corrected chi connectivity index (χ3v) is 3.98. The lowest BCUT2D eigenvalue weighted by molar-refractivity contribution is 0.281. The molecule has 1 rings (SSSR count). The van der Waals surface area contributed by atoms with Gasteiger partial charge in [-0.3, -0.25) is 0 Å². The molecule has 2 nitrogen and oxygen atoms in total. The lowest BCUT2D eigenvalue weighted by Crippen LogP contribution is -2.28. The summed E-state index contributed by atoms with van der Waals surface area (Å²) >= 11 is 0.